The molecule has 3 rings (SSSR count). The van der Waals surface area contributed by atoms with Gasteiger partial charge in [-0.2, -0.15) is 18.3 Å². The van der Waals surface area contributed by atoms with Gasteiger partial charge in [0.1, 0.15) is 5.82 Å². The van der Waals surface area contributed by atoms with Gasteiger partial charge >= 0.3 is 6.18 Å². The molecule has 152 valence electrons. The lowest BCUT2D eigenvalue weighted by molar-refractivity contribution is -0.143. The molecule has 0 aliphatic rings. The number of alkyl halides is 3. The minimum absolute atomic E-state index is 0.0198. The Morgan fingerprint density at radius 1 is 1.07 bits per heavy atom. The van der Waals surface area contributed by atoms with Gasteiger partial charge in [-0.15, -0.1) is 0 Å². The Hall–Kier alpha value is -2.58. The molecule has 2 aromatic carbocycles. The Bertz CT molecular complexity index is 1030. The third kappa shape index (κ3) is 4.89. The lowest BCUT2D eigenvalue weighted by Gasteiger charge is -2.13. The van der Waals surface area contributed by atoms with Crippen LogP contribution in [0.2, 0.25) is 10.0 Å². The molecular weight excluding hydrogens is 433 g/mol. The van der Waals surface area contributed by atoms with E-state index >= 15 is 0 Å². The zero-order chi connectivity index (χ0) is 21.2. The number of hydrogen-bond acceptors (Lipinski definition) is 2. The summed E-state index contributed by atoms with van der Waals surface area (Å²) >= 11 is 11.7. The highest BCUT2D eigenvalue weighted by atomic mass is 35.5. The molecule has 3 aromatic rings. The molecule has 4 nitrogen and oxygen atoms in total. The maximum Gasteiger partial charge on any atom is 0.434 e. The van der Waals surface area contributed by atoms with Crippen molar-refractivity contribution in [2.75, 3.05) is 6.54 Å². The summed E-state index contributed by atoms with van der Waals surface area (Å²) in [7, 11) is 0. The van der Waals surface area contributed by atoms with Crippen molar-refractivity contribution < 1.29 is 22.4 Å². The number of rotatable bonds is 5. The van der Waals surface area contributed by atoms with E-state index in [1.165, 1.54) is 0 Å². The highest BCUT2D eigenvalue weighted by Gasteiger charge is 2.40. The van der Waals surface area contributed by atoms with Crippen LogP contribution in [-0.4, -0.2) is 22.2 Å². The van der Waals surface area contributed by atoms with Gasteiger partial charge in [0, 0.05) is 6.54 Å². The quantitative estimate of drug-likeness (QED) is 0.541. The first-order chi connectivity index (χ1) is 13.7. The molecular formula is C19H13Cl2F4N3O. The van der Waals surface area contributed by atoms with Crippen LogP contribution in [-0.2, 0) is 12.6 Å². The topological polar surface area (TPSA) is 46.9 Å². The minimum atomic E-state index is -4.85. The number of amides is 1. The van der Waals surface area contributed by atoms with Gasteiger partial charge in [0.25, 0.3) is 5.91 Å². The largest absolute Gasteiger partial charge is 0.434 e. The average molecular weight is 446 g/mol. The van der Waals surface area contributed by atoms with E-state index in [0.717, 1.165) is 36.0 Å². The van der Waals surface area contributed by atoms with E-state index in [-0.39, 0.29) is 12.2 Å². The van der Waals surface area contributed by atoms with Crippen molar-refractivity contribution in [3.8, 4) is 5.69 Å². The summed E-state index contributed by atoms with van der Waals surface area (Å²) in [5.41, 5.74) is -1.13. The van der Waals surface area contributed by atoms with E-state index in [2.05, 4.69) is 10.4 Å². The first-order valence-electron chi connectivity index (χ1n) is 8.30. The Labute approximate surface area is 173 Å². The molecule has 0 radical (unpaired) electrons. The maximum absolute atomic E-state index is 13.6. The first-order valence-corrected chi connectivity index (χ1v) is 9.05. The van der Waals surface area contributed by atoms with Gasteiger partial charge in [0.2, 0.25) is 0 Å². The molecule has 0 spiro atoms. The molecule has 0 atom stereocenters. The second kappa shape index (κ2) is 8.42. The summed E-state index contributed by atoms with van der Waals surface area (Å²) in [6.45, 7) is 0.0792. The highest BCUT2D eigenvalue weighted by Crippen LogP contribution is 2.33. The average Bonchev–Trinajstić information content (AvgIpc) is 3.11. The van der Waals surface area contributed by atoms with Crippen LogP contribution in [0.4, 0.5) is 17.6 Å². The van der Waals surface area contributed by atoms with E-state index < -0.39 is 29.2 Å². The smallest absolute Gasteiger partial charge is 0.352 e. The first kappa shape index (κ1) is 21.1. The van der Waals surface area contributed by atoms with Gasteiger partial charge in [-0.05, 0) is 48.4 Å². The van der Waals surface area contributed by atoms with Crippen LogP contribution in [0, 0.1) is 5.82 Å². The fourth-order valence-corrected chi connectivity index (χ4v) is 3.00. The Morgan fingerprint density at radius 2 is 1.76 bits per heavy atom. The molecule has 0 bridgehead atoms. The summed E-state index contributed by atoms with van der Waals surface area (Å²) in [5, 5.41) is 6.83. The van der Waals surface area contributed by atoms with Gasteiger partial charge in [-0.25, -0.2) is 9.07 Å². The molecule has 0 saturated heterocycles. The van der Waals surface area contributed by atoms with Crippen molar-refractivity contribution >= 4 is 29.1 Å². The number of hydrogen-bond donors (Lipinski definition) is 1. The van der Waals surface area contributed by atoms with Gasteiger partial charge < -0.3 is 5.32 Å². The van der Waals surface area contributed by atoms with Crippen molar-refractivity contribution in [2.45, 2.75) is 12.6 Å². The van der Waals surface area contributed by atoms with Gasteiger partial charge in [-0.3, -0.25) is 4.79 Å². The number of aromatic nitrogens is 2. The van der Waals surface area contributed by atoms with Crippen molar-refractivity contribution in [2.24, 2.45) is 0 Å². The Morgan fingerprint density at radius 3 is 2.38 bits per heavy atom. The molecule has 1 N–H and O–H groups in total. The Balaban J connectivity index is 1.79. The fourth-order valence-electron chi connectivity index (χ4n) is 2.68. The van der Waals surface area contributed by atoms with Crippen molar-refractivity contribution in [3.63, 3.8) is 0 Å². The molecule has 0 saturated carbocycles. The van der Waals surface area contributed by atoms with Crippen LogP contribution in [0.15, 0.2) is 48.7 Å². The lowest BCUT2D eigenvalue weighted by Crippen LogP contribution is -2.28. The molecule has 10 heteroatoms. The summed E-state index contributed by atoms with van der Waals surface area (Å²) < 4.78 is 54.4. The number of carbonyl (C=O) groups excluding carboxylic acids is 1. The molecule has 0 aliphatic carbocycles. The summed E-state index contributed by atoms with van der Waals surface area (Å²) in [5.74, 6) is -1.53. The van der Waals surface area contributed by atoms with Gasteiger partial charge in [-0.1, -0.05) is 29.3 Å². The van der Waals surface area contributed by atoms with Crippen LogP contribution < -0.4 is 5.32 Å². The molecule has 0 aliphatic heterocycles. The van der Waals surface area contributed by atoms with Crippen LogP contribution in [0.1, 0.15) is 21.6 Å². The molecule has 0 fully saturated rings. The van der Waals surface area contributed by atoms with E-state index in [0.29, 0.717) is 21.1 Å². The molecule has 1 heterocycles. The van der Waals surface area contributed by atoms with Crippen LogP contribution in [0.3, 0.4) is 0 Å². The predicted molar refractivity (Wildman–Crippen MR) is 101 cm³/mol. The van der Waals surface area contributed by atoms with E-state index in [1.807, 2.05) is 0 Å². The third-order valence-corrected chi connectivity index (χ3v) is 4.78. The highest BCUT2D eigenvalue weighted by molar-refractivity contribution is 6.42. The Kier molecular flexibility index (Phi) is 6.14. The lowest BCUT2D eigenvalue weighted by atomic mass is 10.1. The second-order valence-electron chi connectivity index (χ2n) is 6.05. The second-order valence-corrected chi connectivity index (χ2v) is 6.86. The van der Waals surface area contributed by atoms with Crippen molar-refractivity contribution in [1.82, 2.24) is 15.1 Å². The SMILES string of the molecule is O=C(NCCc1ccc(Cl)c(Cl)c1)c1cnn(-c2ccc(F)cc2)c1C(F)(F)F. The van der Waals surface area contributed by atoms with Crippen LogP contribution >= 0.6 is 23.2 Å². The third-order valence-electron chi connectivity index (χ3n) is 4.04. The van der Waals surface area contributed by atoms with Crippen molar-refractivity contribution in [3.05, 3.63) is 81.3 Å². The normalized spacial score (nSPS) is 11.5. The van der Waals surface area contributed by atoms with Crippen molar-refractivity contribution in [1.29, 1.82) is 0 Å². The number of carbonyl (C=O) groups is 1. The maximum atomic E-state index is 13.6. The summed E-state index contributed by atoms with van der Waals surface area (Å²) in [4.78, 5) is 12.4. The minimum Gasteiger partial charge on any atom is -0.352 e. The molecule has 29 heavy (non-hydrogen) atoms. The molecule has 1 amide bonds. The van der Waals surface area contributed by atoms with Crippen LogP contribution in [0.25, 0.3) is 5.69 Å². The van der Waals surface area contributed by atoms with Gasteiger partial charge in [0.05, 0.1) is 27.5 Å². The zero-order valence-electron chi connectivity index (χ0n) is 14.6. The van der Waals surface area contributed by atoms with Gasteiger partial charge in [0.15, 0.2) is 5.69 Å². The van der Waals surface area contributed by atoms with E-state index in [1.54, 1.807) is 18.2 Å². The number of halogens is 6. The monoisotopic (exact) mass is 445 g/mol. The predicted octanol–water partition coefficient (Wildman–Crippen LogP) is 5.31. The summed E-state index contributed by atoms with van der Waals surface area (Å²) in [6.07, 6.45) is -3.67. The fraction of sp³-hybridized carbons (Fsp3) is 0.158. The number of nitrogens with one attached hydrogen (secondary N) is 1. The zero-order valence-corrected chi connectivity index (χ0v) is 16.1. The number of benzene rings is 2. The van der Waals surface area contributed by atoms with E-state index in [9.17, 15) is 22.4 Å². The summed E-state index contributed by atoms with van der Waals surface area (Å²) in [6, 6.07) is 9.21. The van der Waals surface area contributed by atoms with Crippen LogP contribution in [0.5, 0.6) is 0 Å². The molecule has 1 aromatic heterocycles. The van der Waals surface area contributed by atoms with E-state index in [4.69, 9.17) is 23.2 Å². The number of nitrogens with zero attached hydrogens (tertiary/aromatic N) is 2. The molecule has 0 unspecified atom stereocenters. The standard InChI is InChI=1S/C19H13Cl2F4N3O/c20-15-6-1-11(9-16(15)21)7-8-26-18(29)14-10-27-28(17(14)19(23,24)25)13-4-2-12(22)3-5-13/h1-6,9-10H,7-8H2,(H,26,29).